The number of nitrogens with one attached hydrogen (secondary N) is 1. The van der Waals surface area contributed by atoms with Crippen molar-refractivity contribution in [3.8, 4) is 0 Å². The fourth-order valence-electron chi connectivity index (χ4n) is 1.63. The maximum absolute atomic E-state index is 13.0. The van der Waals surface area contributed by atoms with Crippen LogP contribution in [0.25, 0.3) is 11.0 Å². The van der Waals surface area contributed by atoms with Crippen molar-refractivity contribution in [1.82, 2.24) is 9.97 Å². The van der Waals surface area contributed by atoms with Crippen LogP contribution >= 0.6 is 0 Å². The van der Waals surface area contributed by atoms with Gasteiger partial charge in [0, 0.05) is 0 Å². The molecule has 0 fully saturated rings. The Morgan fingerprint density at radius 3 is 2.84 bits per heavy atom. The lowest BCUT2D eigenvalue weighted by molar-refractivity contribution is -0.136. The second-order valence-corrected chi connectivity index (χ2v) is 6.26. The van der Waals surface area contributed by atoms with E-state index in [1.54, 1.807) is 0 Å². The van der Waals surface area contributed by atoms with Crippen LogP contribution in [0.1, 0.15) is 12.2 Å². The third-order valence-corrected chi connectivity index (χ3v) is 4.02. The molecular formula is C11H11FN2O4S. The van der Waals surface area contributed by atoms with Crippen LogP contribution in [0.4, 0.5) is 4.39 Å². The molecule has 0 aliphatic rings. The van der Waals surface area contributed by atoms with Crippen LogP contribution in [-0.2, 0) is 20.4 Å². The number of carboxylic acid groups (broad SMARTS) is 1. The number of aromatic amines is 1. The molecule has 0 atom stereocenters. The van der Waals surface area contributed by atoms with E-state index in [0.29, 0.717) is 11.0 Å². The van der Waals surface area contributed by atoms with Crippen molar-refractivity contribution >= 4 is 26.8 Å². The second-order valence-electron chi connectivity index (χ2n) is 4.08. The number of rotatable bonds is 5. The summed E-state index contributed by atoms with van der Waals surface area (Å²) in [4.78, 5) is 17.1. The fraction of sp³-hybridized carbons (Fsp3) is 0.273. The largest absolute Gasteiger partial charge is 0.481 e. The van der Waals surface area contributed by atoms with Crippen LogP contribution in [0.2, 0.25) is 0 Å². The number of sulfone groups is 1. The number of halogens is 1. The van der Waals surface area contributed by atoms with Crippen LogP contribution in [-0.4, -0.2) is 35.2 Å². The molecule has 8 heteroatoms. The first-order valence-corrected chi connectivity index (χ1v) is 7.24. The Hall–Kier alpha value is -1.96. The van der Waals surface area contributed by atoms with Gasteiger partial charge in [-0.1, -0.05) is 0 Å². The molecule has 1 aromatic carbocycles. The summed E-state index contributed by atoms with van der Waals surface area (Å²) in [5.41, 5.74) is 0.869. The van der Waals surface area contributed by atoms with Gasteiger partial charge >= 0.3 is 5.97 Å². The Labute approximate surface area is 108 Å². The number of benzene rings is 1. The van der Waals surface area contributed by atoms with Crippen LogP contribution in [0.5, 0.6) is 0 Å². The van der Waals surface area contributed by atoms with Gasteiger partial charge in [-0.3, -0.25) is 4.79 Å². The van der Waals surface area contributed by atoms with E-state index in [0.717, 1.165) is 0 Å². The number of carboxylic acids is 1. The van der Waals surface area contributed by atoms with Gasteiger partial charge < -0.3 is 10.1 Å². The summed E-state index contributed by atoms with van der Waals surface area (Å²) in [6.45, 7) is 0. The molecule has 0 saturated carbocycles. The molecule has 0 aliphatic carbocycles. The Morgan fingerprint density at radius 1 is 1.42 bits per heavy atom. The number of aliphatic carboxylic acids is 1. The minimum Gasteiger partial charge on any atom is -0.481 e. The summed E-state index contributed by atoms with van der Waals surface area (Å²) in [5, 5.41) is 8.46. The van der Waals surface area contributed by atoms with Crippen molar-refractivity contribution in [3.63, 3.8) is 0 Å². The van der Waals surface area contributed by atoms with Crippen LogP contribution in [0.15, 0.2) is 18.2 Å². The van der Waals surface area contributed by atoms with Crippen molar-refractivity contribution in [2.45, 2.75) is 12.2 Å². The Balaban J connectivity index is 2.19. The van der Waals surface area contributed by atoms with Crippen molar-refractivity contribution in [3.05, 3.63) is 29.8 Å². The highest BCUT2D eigenvalue weighted by Crippen LogP contribution is 2.14. The number of carbonyl (C=O) groups is 1. The molecule has 0 amide bonds. The van der Waals surface area contributed by atoms with Gasteiger partial charge in [-0.2, -0.15) is 0 Å². The highest BCUT2D eigenvalue weighted by molar-refractivity contribution is 7.90. The van der Waals surface area contributed by atoms with Gasteiger partial charge in [-0.25, -0.2) is 17.8 Å². The Kier molecular flexibility index (Phi) is 3.52. The minimum absolute atomic E-state index is 0.172. The minimum atomic E-state index is -3.56. The zero-order valence-electron chi connectivity index (χ0n) is 9.76. The fourth-order valence-corrected chi connectivity index (χ4v) is 2.81. The van der Waals surface area contributed by atoms with E-state index in [1.807, 2.05) is 0 Å². The number of imidazole rings is 1. The zero-order chi connectivity index (χ0) is 14.0. The number of aromatic nitrogens is 2. The first-order chi connectivity index (χ1) is 8.85. The number of nitrogens with zero attached hydrogens (tertiary/aromatic N) is 1. The van der Waals surface area contributed by atoms with Crippen molar-refractivity contribution in [2.24, 2.45) is 0 Å². The standard InChI is InChI=1S/C11H11FN2O4S/c12-7-1-2-8-9(5-7)14-10(13-8)6-19(17,18)4-3-11(15)16/h1-2,5H,3-4,6H2,(H,13,14)(H,15,16). The van der Waals surface area contributed by atoms with Crippen LogP contribution in [0.3, 0.4) is 0 Å². The number of hydrogen-bond donors (Lipinski definition) is 2. The van der Waals surface area contributed by atoms with E-state index >= 15 is 0 Å². The summed E-state index contributed by atoms with van der Waals surface area (Å²) < 4.78 is 36.3. The molecule has 2 aromatic rings. The van der Waals surface area contributed by atoms with Crippen LogP contribution < -0.4 is 0 Å². The van der Waals surface area contributed by atoms with Gasteiger partial charge in [0.1, 0.15) is 17.4 Å². The van der Waals surface area contributed by atoms with E-state index in [4.69, 9.17) is 5.11 Å². The molecule has 2 N–H and O–H groups in total. The quantitative estimate of drug-likeness (QED) is 0.857. The van der Waals surface area contributed by atoms with Gasteiger partial charge in [0.15, 0.2) is 9.84 Å². The molecule has 102 valence electrons. The lowest BCUT2D eigenvalue weighted by atomic mass is 10.3. The number of H-pyrrole nitrogens is 1. The summed E-state index contributed by atoms with van der Waals surface area (Å²) >= 11 is 0. The Morgan fingerprint density at radius 2 is 2.16 bits per heavy atom. The first-order valence-electron chi connectivity index (χ1n) is 5.42. The second kappa shape index (κ2) is 4.96. The lowest BCUT2D eigenvalue weighted by Gasteiger charge is -1.99. The first kappa shape index (κ1) is 13.5. The predicted molar refractivity (Wildman–Crippen MR) is 65.8 cm³/mol. The van der Waals surface area contributed by atoms with Crippen molar-refractivity contribution in [2.75, 3.05) is 5.75 Å². The van der Waals surface area contributed by atoms with Crippen molar-refractivity contribution < 1.29 is 22.7 Å². The highest BCUT2D eigenvalue weighted by atomic mass is 32.2. The Bertz CT molecular complexity index is 723. The molecule has 0 bridgehead atoms. The molecule has 0 spiro atoms. The van der Waals surface area contributed by atoms with E-state index in [1.165, 1.54) is 18.2 Å². The molecule has 1 heterocycles. The molecule has 6 nitrogen and oxygen atoms in total. The molecular weight excluding hydrogens is 275 g/mol. The van der Waals surface area contributed by atoms with Gasteiger partial charge in [0.25, 0.3) is 0 Å². The van der Waals surface area contributed by atoms with E-state index in [-0.39, 0.29) is 5.82 Å². The summed E-state index contributed by atoms with van der Waals surface area (Å²) in [6.07, 6.45) is -0.447. The van der Waals surface area contributed by atoms with Gasteiger partial charge in [-0.15, -0.1) is 0 Å². The average molecular weight is 286 g/mol. The van der Waals surface area contributed by atoms with Crippen molar-refractivity contribution in [1.29, 1.82) is 0 Å². The topological polar surface area (TPSA) is 100 Å². The number of hydrogen-bond acceptors (Lipinski definition) is 4. The predicted octanol–water partition coefficient (Wildman–Crippen LogP) is 1.09. The molecule has 1 aromatic heterocycles. The average Bonchev–Trinajstić information content (AvgIpc) is 2.67. The molecule has 0 unspecified atom stereocenters. The van der Waals surface area contributed by atoms with Gasteiger partial charge in [-0.05, 0) is 18.2 Å². The van der Waals surface area contributed by atoms with Gasteiger partial charge in [0.2, 0.25) is 0 Å². The monoisotopic (exact) mass is 286 g/mol. The third-order valence-electron chi connectivity index (χ3n) is 2.48. The molecule has 0 radical (unpaired) electrons. The highest BCUT2D eigenvalue weighted by Gasteiger charge is 2.16. The zero-order valence-corrected chi connectivity index (χ0v) is 10.6. The molecule has 2 rings (SSSR count). The maximum Gasteiger partial charge on any atom is 0.304 e. The maximum atomic E-state index is 13.0. The van der Waals surface area contributed by atoms with E-state index in [2.05, 4.69) is 9.97 Å². The lowest BCUT2D eigenvalue weighted by Crippen LogP contribution is -2.13. The smallest absolute Gasteiger partial charge is 0.304 e. The molecule has 0 aliphatic heterocycles. The summed E-state index contributed by atoms with van der Waals surface area (Å²) in [5.74, 6) is -2.29. The summed E-state index contributed by atoms with van der Waals surface area (Å²) in [6, 6.07) is 3.89. The normalized spacial score (nSPS) is 11.8. The number of fused-ring (bicyclic) bond motifs is 1. The molecule has 0 saturated heterocycles. The summed E-state index contributed by atoms with van der Waals surface area (Å²) in [7, 11) is -3.56. The third kappa shape index (κ3) is 3.50. The molecule has 19 heavy (non-hydrogen) atoms. The van der Waals surface area contributed by atoms with E-state index in [9.17, 15) is 17.6 Å². The SMILES string of the molecule is O=C(O)CCS(=O)(=O)Cc1nc2ccc(F)cc2[nH]1. The van der Waals surface area contributed by atoms with Crippen LogP contribution in [0, 0.1) is 5.82 Å². The van der Waals surface area contributed by atoms with E-state index < -0.39 is 39.6 Å². The van der Waals surface area contributed by atoms with Gasteiger partial charge in [0.05, 0.1) is 23.2 Å².